The number of nitrogens with zero attached hydrogens (tertiary/aromatic N) is 1. The zero-order valence-electron chi connectivity index (χ0n) is 10.1. The van der Waals surface area contributed by atoms with E-state index in [9.17, 15) is 0 Å². The van der Waals surface area contributed by atoms with Gasteiger partial charge in [-0.15, -0.1) is 11.8 Å². The summed E-state index contributed by atoms with van der Waals surface area (Å²) < 4.78 is 0.980. The van der Waals surface area contributed by atoms with Gasteiger partial charge in [-0.2, -0.15) is 5.26 Å². The molecule has 0 radical (unpaired) electrons. The van der Waals surface area contributed by atoms with Crippen LogP contribution in [0.3, 0.4) is 0 Å². The van der Waals surface area contributed by atoms with Gasteiger partial charge < -0.3 is 5.32 Å². The first-order valence-corrected chi connectivity index (χ1v) is 7.73. The van der Waals surface area contributed by atoms with Crippen LogP contribution in [0, 0.1) is 11.3 Å². The SMILES string of the molecule is N#Cc1ccc(Br)cc1NC1CSc2ccccc21. The second kappa shape index (κ2) is 5.28. The molecule has 2 nitrogen and oxygen atoms in total. The first kappa shape index (κ1) is 12.6. The number of halogens is 1. The molecule has 4 heteroatoms. The van der Waals surface area contributed by atoms with Crippen molar-refractivity contribution >= 4 is 33.4 Å². The van der Waals surface area contributed by atoms with Gasteiger partial charge in [0.1, 0.15) is 6.07 Å². The van der Waals surface area contributed by atoms with Crippen molar-refractivity contribution in [1.82, 2.24) is 0 Å². The molecule has 0 aliphatic carbocycles. The van der Waals surface area contributed by atoms with Crippen LogP contribution >= 0.6 is 27.7 Å². The van der Waals surface area contributed by atoms with Gasteiger partial charge >= 0.3 is 0 Å². The minimum atomic E-state index is 0.266. The van der Waals surface area contributed by atoms with Crippen molar-refractivity contribution in [3.8, 4) is 6.07 Å². The van der Waals surface area contributed by atoms with Crippen LogP contribution in [-0.2, 0) is 0 Å². The monoisotopic (exact) mass is 330 g/mol. The van der Waals surface area contributed by atoms with Crippen molar-refractivity contribution < 1.29 is 0 Å². The fourth-order valence-electron chi connectivity index (χ4n) is 2.20. The van der Waals surface area contributed by atoms with Crippen molar-refractivity contribution in [2.75, 3.05) is 11.1 Å². The maximum atomic E-state index is 9.17. The van der Waals surface area contributed by atoms with Crippen molar-refractivity contribution in [3.05, 3.63) is 58.1 Å². The lowest BCUT2D eigenvalue weighted by Gasteiger charge is -2.16. The molecule has 0 fully saturated rings. The van der Waals surface area contributed by atoms with Crippen LogP contribution in [0.25, 0.3) is 0 Å². The molecule has 2 aromatic carbocycles. The highest BCUT2D eigenvalue weighted by atomic mass is 79.9. The fraction of sp³-hybridized carbons (Fsp3) is 0.133. The summed E-state index contributed by atoms with van der Waals surface area (Å²) in [5, 5.41) is 12.7. The molecule has 0 aromatic heterocycles. The Hall–Kier alpha value is -1.44. The molecular weight excluding hydrogens is 320 g/mol. The molecule has 1 N–H and O–H groups in total. The second-order valence-electron chi connectivity index (χ2n) is 4.35. The smallest absolute Gasteiger partial charge is 0.101 e. The zero-order chi connectivity index (χ0) is 13.2. The van der Waals surface area contributed by atoms with Crippen LogP contribution in [0.2, 0.25) is 0 Å². The average molecular weight is 331 g/mol. The summed E-state index contributed by atoms with van der Waals surface area (Å²) in [5.74, 6) is 0.997. The number of rotatable bonds is 2. The number of thioether (sulfide) groups is 1. The summed E-state index contributed by atoms with van der Waals surface area (Å²) in [6, 6.07) is 16.6. The number of hydrogen-bond donors (Lipinski definition) is 1. The lowest BCUT2D eigenvalue weighted by molar-refractivity contribution is 0.899. The van der Waals surface area contributed by atoms with Gasteiger partial charge in [0, 0.05) is 15.1 Å². The molecule has 1 aliphatic heterocycles. The predicted molar refractivity (Wildman–Crippen MR) is 82.4 cm³/mol. The Labute approximate surface area is 125 Å². The summed E-state index contributed by atoms with van der Waals surface area (Å²) in [6.07, 6.45) is 0. The van der Waals surface area contributed by atoms with Gasteiger partial charge in [-0.1, -0.05) is 34.1 Å². The van der Waals surface area contributed by atoms with E-state index in [1.165, 1.54) is 10.5 Å². The van der Waals surface area contributed by atoms with Crippen molar-refractivity contribution in [3.63, 3.8) is 0 Å². The van der Waals surface area contributed by atoms with E-state index in [-0.39, 0.29) is 6.04 Å². The normalized spacial score (nSPS) is 16.7. The molecule has 19 heavy (non-hydrogen) atoms. The Morgan fingerprint density at radius 3 is 2.95 bits per heavy atom. The highest BCUT2D eigenvalue weighted by Crippen LogP contribution is 2.40. The number of nitrogens with one attached hydrogen (secondary N) is 1. The number of fused-ring (bicyclic) bond motifs is 1. The van der Waals surface area contributed by atoms with Crippen LogP contribution in [0.4, 0.5) is 5.69 Å². The van der Waals surface area contributed by atoms with E-state index in [0.29, 0.717) is 5.56 Å². The van der Waals surface area contributed by atoms with Gasteiger partial charge in [-0.3, -0.25) is 0 Å². The molecule has 2 aromatic rings. The Balaban J connectivity index is 1.92. The minimum absolute atomic E-state index is 0.266. The number of anilines is 1. The van der Waals surface area contributed by atoms with Gasteiger partial charge in [0.05, 0.1) is 17.3 Å². The van der Waals surface area contributed by atoms with Crippen LogP contribution in [0.15, 0.2) is 51.8 Å². The molecule has 0 amide bonds. The molecule has 0 bridgehead atoms. The van der Waals surface area contributed by atoms with E-state index >= 15 is 0 Å². The zero-order valence-corrected chi connectivity index (χ0v) is 12.5. The van der Waals surface area contributed by atoms with Gasteiger partial charge in [0.15, 0.2) is 0 Å². The lowest BCUT2D eigenvalue weighted by atomic mass is 10.1. The number of benzene rings is 2. The maximum absolute atomic E-state index is 9.17. The molecule has 0 spiro atoms. The van der Waals surface area contributed by atoms with E-state index in [1.54, 1.807) is 0 Å². The van der Waals surface area contributed by atoms with Crippen LogP contribution in [0.1, 0.15) is 17.2 Å². The van der Waals surface area contributed by atoms with E-state index in [1.807, 2.05) is 30.0 Å². The highest BCUT2D eigenvalue weighted by molar-refractivity contribution is 9.10. The van der Waals surface area contributed by atoms with Crippen molar-refractivity contribution in [2.24, 2.45) is 0 Å². The Morgan fingerprint density at radius 2 is 2.11 bits per heavy atom. The van der Waals surface area contributed by atoms with Gasteiger partial charge in [-0.05, 0) is 29.8 Å². The van der Waals surface area contributed by atoms with E-state index in [0.717, 1.165) is 15.9 Å². The predicted octanol–water partition coefficient (Wildman–Crippen LogP) is 4.58. The summed E-state index contributed by atoms with van der Waals surface area (Å²) in [6.45, 7) is 0. The molecule has 0 saturated heterocycles. The van der Waals surface area contributed by atoms with E-state index in [4.69, 9.17) is 5.26 Å². The largest absolute Gasteiger partial charge is 0.376 e. The summed E-state index contributed by atoms with van der Waals surface area (Å²) in [5.41, 5.74) is 2.88. The third-order valence-electron chi connectivity index (χ3n) is 3.13. The highest BCUT2D eigenvalue weighted by Gasteiger charge is 2.23. The van der Waals surface area contributed by atoms with Crippen LogP contribution in [0.5, 0.6) is 0 Å². The maximum Gasteiger partial charge on any atom is 0.101 e. The van der Waals surface area contributed by atoms with Crippen LogP contribution in [-0.4, -0.2) is 5.75 Å². The van der Waals surface area contributed by atoms with Crippen molar-refractivity contribution in [2.45, 2.75) is 10.9 Å². The molecule has 1 aliphatic rings. The first-order valence-electron chi connectivity index (χ1n) is 5.96. The number of nitriles is 1. The lowest BCUT2D eigenvalue weighted by Crippen LogP contribution is -2.10. The summed E-state index contributed by atoms with van der Waals surface area (Å²) >= 11 is 5.31. The third kappa shape index (κ3) is 2.49. The standard InChI is InChI=1S/C15H11BrN2S/c16-11-6-5-10(8-17)13(7-11)18-14-9-19-15-4-2-1-3-12(14)15/h1-7,14,18H,9H2. The molecule has 0 saturated carbocycles. The molecule has 3 rings (SSSR count). The minimum Gasteiger partial charge on any atom is -0.376 e. The Morgan fingerprint density at radius 1 is 1.26 bits per heavy atom. The molecule has 94 valence electrons. The van der Waals surface area contributed by atoms with E-state index in [2.05, 4.69) is 51.6 Å². The molecule has 1 heterocycles. The first-order chi connectivity index (χ1) is 9.28. The van der Waals surface area contributed by atoms with Gasteiger partial charge in [0.2, 0.25) is 0 Å². The second-order valence-corrected chi connectivity index (χ2v) is 6.32. The summed E-state index contributed by atoms with van der Waals surface area (Å²) in [7, 11) is 0. The average Bonchev–Trinajstić information content (AvgIpc) is 2.83. The Bertz CT molecular complexity index is 663. The van der Waals surface area contributed by atoms with E-state index < -0.39 is 0 Å². The Kier molecular flexibility index (Phi) is 3.50. The molecule has 1 atom stereocenters. The molecular formula is C15H11BrN2S. The van der Waals surface area contributed by atoms with Crippen molar-refractivity contribution in [1.29, 1.82) is 5.26 Å². The third-order valence-corrected chi connectivity index (χ3v) is 4.81. The van der Waals surface area contributed by atoms with Crippen LogP contribution < -0.4 is 5.32 Å². The summed E-state index contributed by atoms with van der Waals surface area (Å²) in [4.78, 5) is 1.33. The fourth-order valence-corrected chi connectivity index (χ4v) is 3.73. The van der Waals surface area contributed by atoms with Gasteiger partial charge in [0.25, 0.3) is 0 Å². The topological polar surface area (TPSA) is 35.8 Å². The van der Waals surface area contributed by atoms with Gasteiger partial charge in [-0.25, -0.2) is 0 Å². The number of hydrogen-bond acceptors (Lipinski definition) is 3. The molecule has 1 unspecified atom stereocenters. The quantitative estimate of drug-likeness (QED) is 0.875.